The molecule has 1 rings (SSSR count). The molecule has 0 atom stereocenters. The molecular weight excluding hydrogens is 320 g/mol. The van der Waals surface area contributed by atoms with E-state index in [1.807, 2.05) is 4.72 Å². The molecule has 0 amide bonds. The number of nitriles is 1. The number of allylic oxidation sites excluding steroid dienone is 2. The minimum absolute atomic E-state index is 0. The van der Waals surface area contributed by atoms with Crippen molar-refractivity contribution in [1.82, 2.24) is 0 Å². The Morgan fingerprint density at radius 1 is 1.29 bits per heavy atom. The van der Waals surface area contributed by atoms with Gasteiger partial charge in [-0.3, -0.25) is 4.72 Å². The molecule has 0 unspecified atom stereocenters. The number of hydrogen-bond acceptors (Lipinski definition) is 4. The summed E-state index contributed by atoms with van der Waals surface area (Å²) in [6, 6.07) is 4.49. The first-order valence-electron chi connectivity index (χ1n) is 5.08. The summed E-state index contributed by atoms with van der Waals surface area (Å²) in [7, 11) is -4.34. The number of halogens is 3. The van der Waals surface area contributed by atoms with E-state index in [0.717, 1.165) is 19.1 Å². The number of alkyl halides is 3. The molecule has 0 fully saturated rings. The van der Waals surface area contributed by atoms with Crippen LogP contribution in [0.15, 0.2) is 34.9 Å². The van der Waals surface area contributed by atoms with Gasteiger partial charge in [0.15, 0.2) is 0 Å². The number of hydrogen-bond donors (Lipinski definition) is 2. The third kappa shape index (κ3) is 5.24. The Labute approximate surface area is 141 Å². The van der Waals surface area contributed by atoms with Crippen LogP contribution in [0.1, 0.15) is 12.5 Å². The van der Waals surface area contributed by atoms with Gasteiger partial charge in [-0.15, -0.1) is 0 Å². The van der Waals surface area contributed by atoms with Crippen LogP contribution in [0.2, 0.25) is 0 Å². The number of benzene rings is 1. The van der Waals surface area contributed by atoms with Gasteiger partial charge < -0.3 is 5.11 Å². The number of aliphatic hydroxyl groups excluding tert-OH is 1. The molecule has 0 aliphatic carbocycles. The second-order valence-electron chi connectivity index (χ2n) is 3.71. The van der Waals surface area contributed by atoms with E-state index in [1.165, 1.54) is 6.07 Å². The first kappa shape index (κ1) is 19.8. The number of nitrogens with one attached hydrogen (secondary N) is 1. The van der Waals surface area contributed by atoms with Crippen LogP contribution in [0.25, 0.3) is 0 Å². The first-order chi connectivity index (χ1) is 9.08. The van der Waals surface area contributed by atoms with Crippen molar-refractivity contribution in [2.75, 3.05) is 4.72 Å². The fourth-order valence-electron chi connectivity index (χ4n) is 1.27. The van der Waals surface area contributed by atoms with Crippen molar-refractivity contribution in [3.05, 3.63) is 40.5 Å². The third-order valence-electron chi connectivity index (χ3n) is 2.16. The van der Waals surface area contributed by atoms with Gasteiger partial charge in [-0.05, 0) is 31.2 Å². The average molecular weight is 330 g/mol. The number of sulfonamides is 1. The molecule has 0 bridgehead atoms. The van der Waals surface area contributed by atoms with Gasteiger partial charge in [0.05, 0.1) is 5.56 Å². The Hall–Kier alpha value is -1.21. The van der Waals surface area contributed by atoms with Crippen LogP contribution in [0.3, 0.4) is 0 Å². The van der Waals surface area contributed by atoms with E-state index in [0.29, 0.717) is 12.1 Å². The SMILES string of the molecule is CC(O)=C(C#N)S(=O)(=O)Nc1ccc(C(F)(F)F)cc1.[NaH]. The van der Waals surface area contributed by atoms with E-state index in [-0.39, 0.29) is 35.2 Å². The fraction of sp³-hybridized carbons (Fsp3) is 0.182. The van der Waals surface area contributed by atoms with Crippen LogP contribution < -0.4 is 4.72 Å². The Kier molecular flexibility index (Phi) is 6.76. The normalized spacial score (nSPS) is 12.7. The van der Waals surface area contributed by atoms with Gasteiger partial charge in [0, 0.05) is 5.69 Å². The standard InChI is InChI=1S/C11H9F3N2O3S.Na.H/c1-7(17)10(6-15)20(18,19)16-9-4-2-8(3-5-9)11(12,13)14;;/h2-5,16-17H,1H3;;. The second-order valence-corrected chi connectivity index (χ2v) is 5.33. The number of nitrogens with zero attached hydrogens (tertiary/aromatic N) is 1. The molecule has 0 spiro atoms. The van der Waals surface area contributed by atoms with Crippen LogP contribution in [0, 0.1) is 11.3 Å². The maximum atomic E-state index is 12.3. The van der Waals surface area contributed by atoms with E-state index >= 15 is 0 Å². The Balaban J connectivity index is 0.00000400. The second kappa shape index (κ2) is 7.17. The van der Waals surface area contributed by atoms with Crippen LogP contribution in [0.5, 0.6) is 0 Å². The number of rotatable bonds is 3. The van der Waals surface area contributed by atoms with E-state index < -0.39 is 32.4 Å². The molecule has 10 heteroatoms. The van der Waals surface area contributed by atoms with Gasteiger partial charge in [-0.2, -0.15) is 18.4 Å². The molecule has 5 nitrogen and oxygen atoms in total. The van der Waals surface area contributed by atoms with Crippen LogP contribution in [0.4, 0.5) is 18.9 Å². The molecule has 1 aromatic carbocycles. The Morgan fingerprint density at radius 2 is 1.76 bits per heavy atom. The molecule has 1 aromatic rings. The van der Waals surface area contributed by atoms with Crippen molar-refractivity contribution in [2.45, 2.75) is 13.1 Å². The van der Waals surface area contributed by atoms with Crippen molar-refractivity contribution in [1.29, 1.82) is 5.26 Å². The Morgan fingerprint density at radius 3 is 2.10 bits per heavy atom. The van der Waals surface area contributed by atoms with Gasteiger partial charge >= 0.3 is 35.7 Å². The fourth-order valence-corrected chi connectivity index (χ4v) is 2.33. The molecule has 0 aliphatic rings. The third-order valence-corrected chi connectivity index (χ3v) is 3.59. The van der Waals surface area contributed by atoms with Gasteiger partial charge in [-0.1, -0.05) is 0 Å². The molecule has 0 heterocycles. The van der Waals surface area contributed by atoms with Gasteiger partial charge in [0.2, 0.25) is 4.91 Å². The molecule has 21 heavy (non-hydrogen) atoms. The predicted molar refractivity (Wildman–Crippen MR) is 72.1 cm³/mol. The summed E-state index contributed by atoms with van der Waals surface area (Å²) in [5, 5.41) is 17.7. The first-order valence-corrected chi connectivity index (χ1v) is 6.56. The summed E-state index contributed by atoms with van der Waals surface area (Å²) in [4.78, 5) is -0.905. The molecule has 2 N–H and O–H groups in total. The molecular formula is C11H10F3N2NaO3S. The van der Waals surface area contributed by atoms with Gasteiger partial charge in [-0.25, -0.2) is 8.42 Å². The van der Waals surface area contributed by atoms with Crippen molar-refractivity contribution in [2.24, 2.45) is 0 Å². The maximum absolute atomic E-state index is 12.3. The average Bonchev–Trinajstić information content (AvgIpc) is 2.27. The van der Waals surface area contributed by atoms with Crippen LogP contribution in [-0.4, -0.2) is 43.1 Å². The van der Waals surface area contributed by atoms with Gasteiger partial charge in [0.25, 0.3) is 10.0 Å². The summed E-state index contributed by atoms with van der Waals surface area (Å²) in [6.07, 6.45) is -4.53. The molecule has 0 aliphatic heterocycles. The molecule has 110 valence electrons. The minimum atomic E-state index is -4.53. The molecule has 0 aromatic heterocycles. The summed E-state index contributed by atoms with van der Waals surface area (Å²) in [5.74, 6) is -0.716. The zero-order valence-corrected chi connectivity index (χ0v) is 10.9. The van der Waals surface area contributed by atoms with Crippen molar-refractivity contribution < 1.29 is 26.7 Å². The van der Waals surface area contributed by atoms with Gasteiger partial charge in [0.1, 0.15) is 11.8 Å². The predicted octanol–water partition coefficient (Wildman–Crippen LogP) is 2.11. The zero-order chi connectivity index (χ0) is 15.6. The quantitative estimate of drug-likeness (QED) is 0.504. The van der Waals surface area contributed by atoms with Crippen molar-refractivity contribution >= 4 is 45.3 Å². The summed E-state index contributed by atoms with van der Waals surface area (Å²) < 4.78 is 62.2. The van der Waals surface area contributed by atoms with E-state index in [4.69, 9.17) is 10.4 Å². The summed E-state index contributed by atoms with van der Waals surface area (Å²) >= 11 is 0. The van der Waals surface area contributed by atoms with Crippen LogP contribution in [-0.2, 0) is 16.2 Å². The monoisotopic (exact) mass is 330 g/mol. The summed E-state index contributed by atoms with van der Waals surface area (Å²) in [6.45, 7) is 1.00. The topological polar surface area (TPSA) is 90.2 Å². The number of aliphatic hydroxyl groups is 1. The molecule has 0 radical (unpaired) electrons. The van der Waals surface area contributed by atoms with E-state index in [1.54, 1.807) is 0 Å². The van der Waals surface area contributed by atoms with Crippen molar-refractivity contribution in [3.63, 3.8) is 0 Å². The van der Waals surface area contributed by atoms with Crippen LogP contribution >= 0.6 is 0 Å². The zero-order valence-electron chi connectivity index (χ0n) is 10.1. The molecule has 0 saturated heterocycles. The van der Waals surface area contributed by atoms with E-state index in [9.17, 15) is 21.6 Å². The molecule has 0 saturated carbocycles. The Bertz CT molecular complexity index is 672. The van der Waals surface area contributed by atoms with Crippen molar-refractivity contribution in [3.8, 4) is 6.07 Å². The van der Waals surface area contributed by atoms with E-state index in [2.05, 4.69) is 0 Å². The number of anilines is 1. The summed E-state index contributed by atoms with van der Waals surface area (Å²) in [5.41, 5.74) is -1.10.